The van der Waals surface area contributed by atoms with Gasteiger partial charge in [0.1, 0.15) is 0 Å². The molecule has 160 valence electrons. The SMILES string of the molecule is O=C(C1CCCN1Cc1ccccc1)N1CCN(S(=O)(=O)N2CCOCC2)CC1. The van der Waals surface area contributed by atoms with Crippen LogP contribution in [0.2, 0.25) is 0 Å². The number of hydrogen-bond donors (Lipinski definition) is 0. The average molecular weight is 423 g/mol. The van der Waals surface area contributed by atoms with Crippen molar-refractivity contribution in [2.45, 2.75) is 25.4 Å². The van der Waals surface area contributed by atoms with Gasteiger partial charge in [-0.25, -0.2) is 0 Å². The lowest BCUT2D eigenvalue weighted by molar-refractivity contribution is -0.137. The highest BCUT2D eigenvalue weighted by atomic mass is 32.2. The van der Waals surface area contributed by atoms with Crippen LogP contribution in [0.4, 0.5) is 0 Å². The fourth-order valence-electron chi connectivity index (χ4n) is 4.40. The summed E-state index contributed by atoms with van der Waals surface area (Å²) in [6.45, 7) is 5.02. The Morgan fingerprint density at radius 2 is 1.59 bits per heavy atom. The summed E-state index contributed by atoms with van der Waals surface area (Å²) in [6.07, 6.45) is 1.90. The zero-order valence-corrected chi connectivity index (χ0v) is 17.6. The van der Waals surface area contributed by atoms with Crippen molar-refractivity contribution in [3.05, 3.63) is 35.9 Å². The third-order valence-electron chi connectivity index (χ3n) is 6.05. The summed E-state index contributed by atoms with van der Waals surface area (Å²) >= 11 is 0. The molecule has 3 saturated heterocycles. The van der Waals surface area contributed by atoms with Crippen molar-refractivity contribution in [2.75, 3.05) is 59.0 Å². The normalized spacial score (nSPS) is 25.4. The molecule has 1 unspecified atom stereocenters. The Kier molecular flexibility index (Phi) is 6.50. The van der Waals surface area contributed by atoms with Gasteiger partial charge in [-0.15, -0.1) is 0 Å². The molecule has 9 heteroatoms. The van der Waals surface area contributed by atoms with Crippen LogP contribution in [0, 0.1) is 0 Å². The molecule has 1 aromatic carbocycles. The number of carbonyl (C=O) groups excluding carboxylic acids is 1. The minimum Gasteiger partial charge on any atom is -0.379 e. The van der Waals surface area contributed by atoms with Crippen LogP contribution < -0.4 is 0 Å². The maximum Gasteiger partial charge on any atom is 0.282 e. The molecule has 0 aliphatic carbocycles. The van der Waals surface area contributed by atoms with E-state index in [2.05, 4.69) is 17.0 Å². The topological polar surface area (TPSA) is 73.4 Å². The first kappa shape index (κ1) is 20.7. The van der Waals surface area contributed by atoms with Crippen LogP contribution in [0.25, 0.3) is 0 Å². The average Bonchev–Trinajstić information content (AvgIpc) is 3.22. The molecular formula is C20H30N4O4S. The van der Waals surface area contributed by atoms with E-state index in [0.29, 0.717) is 52.5 Å². The molecule has 3 aliphatic rings. The zero-order chi connectivity index (χ0) is 20.3. The molecular weight excluding hydrogens is 392 g/mol. The van der Waals surface area contributed by atoms with Crippen molar-refractivity contribution in [1.29, 1.82) is 0 Å². The first-order valence-corrected chi connectivity index (χ1v) is 11.8. The Balaban J connectivity index is 1.33. The van der Waals surface area contributed by atoms with Crippen LogP contribution in [0.5, 0.6) is 0 Å². The number of amides is 1. The van der Waals surface area contributed by atoms with E-state index in [1.807, 2.05) is 23.1 Å². The summed E-state index contributed by atoms with van der Waals surface area (Å²) in [5, 5.41) is 0. The number of morpholine rings is 1. The van der Waals surface area contributed by atoms with Crippen LogP contribution >= 0.6 is 0 Å². The van der Waals surface area contributed by atoms with Crippen molar-refractivity contribution in [1.82, 2.24) is 18.4 Å². The van der Waals surface area contributed by atoms with E-state index in [4.69, 9.17) is 4.74 Å². The van der Waals surface area contributed by atoms with E-state index in [9.17, 15) is 13.2 Å². The van der Waals surface area contributed by atoms with Crippen molar-refractivity contribution in [3.8, 4) is 0 Å². The van der Waals surface area contributed by atoms with Gasteiger partial charge in [-0.05, 0) is 24.9 Å². The number of benzene rings is 1. The van der Waals surface area contributed by atoms with Gasteiger partial charge in [0.25, 0.3) is 10.2 Å². The monoisotopic (exact) mass is 422 g/mol. The van der Waals surface area contributed by atoms with Crippen molar-refractivity contribution in [2.24, 2.45) is 0 Å². The fourth-order valence-corrected chi connectivity index (χ4v) is 5.97. The van der Waals surface area contributed by atoms with Gasteiger partial charge < -0.3 is 9.64 Å². The number of hydrogen-bond acceptors (Lipinski definition) is 5. The van der Waals surface area contributed by atoms with Crippen LogP contribution in [0.15, 0.2) is 30.3 Å². The van der Waals surface area contributed by atoms with Gasteiger partial charge >= 0.3 is 0 Å². The highest BCUT2D eigenvalue weighted by Gasteiger charge is 2.38. The molecule has 0 saturated carbocycles. The molecule has 29 heavy (non-hydrogen) atoms. The lowest BCUT2D eigenvalue weighted by Crippen LogP contribution is -2.57. The Morgan fingerprint density at radius 1 is 0.931 bits per heavy atom. The van der Waals surface area contributed by atoms with Gasteiger partial charge in [0, 0.05) is 45.8 Å². The lowest BCUT2D eigenvalue weighted by Gasteiger charge is -2.39. The molecule has 0 aromatic heterocycles. The van der Waals surface area contributed by atoms with Gasteiger partial charge in [0.2, 0.25) is 5.91 Å². The first-order valence-electron chi connectivity index (χ1n) is 10.5. The molecule has 0 spiro atoms. The molecule has 0 N–H and O–H groups in total. The van der Waals surface area contributed by atoms with Crippen LogP contribution in [-0.4, -0.2) is 97.8 Å². The van der Waals surface area contributed by atoms with E-state index in [0.717, 1.165) is 25.9 Å². The first-order chi connectivity index (χ1) is 14.1. The van der Waals surface area contributed by atoms with Gasteiger partial charge in [-0.3, -0.25) is 9.69 Å². The van der Waals surface area contributed by atoms with Crippen molar-refractivity contribution < 1.29 is 17.9 Å². The van der Waals surface area contributed by atoms with Gasteiger partial charge in [-0.1, -0.05) is 30.3 Å². The molecule has 3 fully saturated rings. The van der Waals surface area contributed by atoms with Gasteiger partial charge in [-0.2, -0.15) is 17.0 Å². The third-order valence-corrected chi connectivity index (χ3v) is 8.09. The minimum absolute atomic E-state index is 0.0994. The highest BCUT2D eigenvalue weighted by Crippen LogP contribution is 2.23. The largest absolute Gasteiger partial charge is 0.379 e. The summed E-state index contributed by atoms with van der Waals surface area (Å²) in [5.41, 5.74) is 1.22. The number of likely N-dealkylation sites (tertiary alicyclic amines) is 1. The smallest absolute Gasteiger partial charge is 0.282 e. The second-order valence-corrected chi connectivity index (χ2v) is 9.79. The predicted octanol–water partition coefficient (Wildman–Crippen LogP) is 0.372. The third kappa shape index (κ3) is 4.64. The predicted molar refractivity (Wildman–Crippen MR) is 109 cm³/mol. The standard InChI is InChI=1S/C20H30N4O4S/c25-20(19-7-4-8-22(19)17-18-5-2-1-3-6-18)21-9-11-23(12-10-21)29(26,27)24-13-15-28-16-14-24/h1-3,5-6,19H,4,7-17H2. The number of carbonyl (C=O) groups is 1. The van der Waals surface area contributed by atoms with E-state index >= 15 is 0 Å². The molecule has 0 bridgehead atoms. The minimum atomic E-state index is -3.47. The van der Waals surface area contributed by atoms with E-state index < -0.39 is 10.2 Å². The number of piperazine rings is 1. The number of rotatable bonds is 5. The number of ether oxygens (including phenoxy) is 1. The van der Waals surface area contributed by atoms with Crippen molar-refractivity contribution >= 4 is 16.1 Å². The van der Waals surface area contributed by atoms with Gasteiger partial charge in [0.05, 0.1) is 19.3 Å². The summed E-state index contributed by atoms with van der Waals surface area (Å²) in [7, 11) is -3.47. The quantitative estimate of drug-likeness (QED) is 0.686. The Bertz CT molecular complexity index is 790. The maximum absolute atomic E-state index is 13.1. The molecule has 1 amide bonds. The van der Waals surface area contributed by atoms with Crippen LogP contribution in [-0.2, 0) is 26.3 Å². The lowest BCUT2D eigenvalue weighted by atomic mass is 10.1. The second-order valence-electron chi connectivity index (χ2n) is 7.86. The molecule has 8 nitrogen and oxygen atoms in total. The van der Waals surface area contributed by atoms with Crippen molar-refractivity contribution in [3.63, 3.8) is 0 Å². The zero-order valence-electron chi connectivity index (χ0n) is 16.8. The highest BCUT2D eigenvalue weighted by molar-refractivity contribution is 7.86. The summed E-state index contributed by atoms with van der Waals surface area (Å²) in [6, 6.07) is 10.1. The summed E-state index contributed by atoms with van der Waals surface area (Å²) in [4.78, 5) is 17.3. The Labute approximate surface area is 173 Å². The number of nitrogens with zero attached hydrogens (tertiary/aromatic N) is 4. The van der Waals surface area contributed by atoms with Crippen LogP contribution in [0.3, 0.4) is 0 Å². The second kappa shape index (κ2) is 9.09. The van der Waals surface area contributed by atoms with E-state index in [1.165, 1.54) is 14.2 Å². The van der Waals surface area contributed by atoms with E-state index in [-0.39, 0.29) is 11.9 Å². The molecule has 1 aromatic rings. The summed E-state index contributed by atoms with van der Waals surface area (Å²) in [5.74, 6) is 0.141. The Morgan fingerprint density at radius 3 is 2.28 bits per heavy atom. The molecule has 1 atom stereocenters. The van der Waals surface area contributed by atoms with Gasteiger partial charge in [0.15, 0.2) is 0 Å². The fraction of sp³-hybridized carbons (Fsp3) is 0.650. The summed E-state index contributed by atoms with van der Waals surface area (Å²) < 4.78 is 33.9. The Hall–Kier alpha value is -1.52. The van der Waals surface area contributed by atoms with Crippen LogP contribution in [0.1, 0.15) is 18.4 Å². The van der Waals surface area contributed by atoms with E-state index in [1.54, 1.807) is 0 Å². The molecule has 3 aliphatic heterocycles. The molecule has 3 heterocycles. The molecule has 4 rings (SSSR count). The molecule has 0 radical (unpaired) electrons. The maximum atomic E-state index is 13.1.